The largest absolute Gasteiger partial charge is 0.454 e. The minimum Gasteiger partial charge on any atom is -0.454 e. The summed E-state index contributed by atoms with van der Waals surface area (Å²) in [5.74, 6) is 0.231. The molecule has 0 radical (unpaired) electrons. The second-order valence-corrected chi connectivity index (χ2v) is 5.23. The third kappa shape index (κ3) is 3.33. The third-order valence-corrected chi connectivity index (χ3v) is 3.69. The minimum atomic E-state index is -0.696. The van der Waals surface area contributed by atoms with Crippen molar-refractivity contribution in [2.45, 2.75) is 20.0 Å². The molecule has 0 heterocycles. The highest BCUT2D eigenvalue weighted by molar-refractivity contribution is 9.10. The number of aryl methyl sites for hydroxylation is 1. The van der Waals surface area contributed by atoms with Crippen LogP contribution in [0.4, 0.5) is 4.39 Å². The molecule has 4 heteroatoms. The number of ether oxygens (including phenoxy) is 1. The first kappa shape index (κ1) is 14.0. The Balaban J connectivity index is 2.25. The topological polar surface area (TPSA) is 29.5 Å². The molecule has 0 saturated carbocycles. The number of rotatable bonds is 3. The van der Waals surface area contributed by atoms with Gasteiger partial charge in [0.25, 0.3) is 0 Å². The van der Waals surface area contributed by atoms with Crippen LogP contribution in [0.1, 0.15) is 24.2 Å². The molecule has 1 atom stereocenters. The van der Waals surface area contributed by atoms with Crippen molar-refractivity contribution in [3.63, 3.8) is 0 Å². The summed E-state index contributed by atoms with van der Waals surface area (Å²) in [6, 6.07) is 9.90. The molecule has 2 rings (SSSR count). The van der Waals surface area contributed by atoms with Gasteiger partial charge in [0.05, 0.1) is 6.10 Å². The fourth-order valence-electron chi connectivity index (χ4n) is 1.67. The van der Waals surface area contributed by atoms with Crippen LogP contribution in [0.3, 0.4) is 0 Å². The molecule has 0 amide bonds. The van der Waals surface area contributed by atoms with Crippen LogP contribution in [0.5, 0.6) is 11.5 Å². The first-order valence-electron chi connectivity index (χ1n) is 5.89. The lowest BCUT2D eigenvalue weighted by atomic mass is 10.1. The number of hydrogen-bond acceptors (Lipinski definition) is 2. The number of hydrogen-bond donors (Lipinski definition) is 1. The lowest BCUT2D eigenvalue weighted by molar-refractivity contribution is 0.198. The Morgan fingerprint density at radius 1 is 1.21 bits per heavy atom. The van der Waals surface area contributed by atoms with Crippen molar-refractivity contribution in [2.24, 2.45) is 0 Å². The van der Waals surface area contributed by atoms with Gasteiger partial charge in [0, 0.05) is 4.47 Å². The Morgan fingerprint density at radius 2 is 1.95 bits per heavy atom. The van der Waals surface area contributed by atoms with Gasteiger partial charge < -0.3 is 9.84 Å². The van der Waals surface area contributed by atoms with Gasteiger partial charge in [0.15, 0.2) is 11.6 Å². The number of benzene rings is 2. The van der Waals surface area contributed by atoms with Crippen molar-refractivity contribution in [3.8, 4) is 11.5 Å². The average molecular weight is 325 g/mol. The first-order chi connectivity index (χ1) is 8.97. The molecule has 1 N–H and O–H groups in total. The minimum absolute atomic E-state index is 0.145. The standard InChI is InChI=1S/C15H14BrFO2/c1-9-7-12(4-5-13(9)16)19-15-6-3-11(10(2)18)8-14(15)17/h3-8,10,18H,1-2H3/t10-/m0/s1. The summed E-state index contributed by atoms with van der Waals surface area (Å²) in [5.41, 5.74) is 1.54. The molecular weight excluding hydrogens is 311 g/mol. The number of halogens is 2. The van der Waals surface area contributed by atoms with E-state index in [1.807, 2.05) is 19.1 Å². The van der Waals surface area contributed by atoms with Gasteiger partial charge in [-0.25, -0.2) is 4.39 Å². The van der Waals surface area contributed by atoms with E-state index in [1.165, 1.54) is 12.1 Å². The predicted molar refractivity (Wildman–Crippen MR) is 76.0 cm³/mol. The second-order valence-electron chi connectivity index (χ2n) is 4.38. The van der Waals surface area contributed by atoms with E-state index in [-0.39, 0.29) is 5.75 Å². The van der Waals surface area contributed by atoms with Gasteiger partial charge in [0.1, 0.15) is 5.75 Å². The van der Waals surface area contributed by atoms with E-state index >= 15 is 0 Å². The molecule has 0 fully saturated rings. The van der Waals surface area contributed by atoms with Crippen molar-refractivity contribution >= 4 is 15.9 Å². The van der Waals surface area contributed by atoms with Crippen molar-refractivity contribution in [3.05, 3.63) is 57.8 Å². The summed E-state index contributed by atoms with van der Waals surface area (Å²) in [4.78, 5) is 0. The van der Waals surface area contributed by atoms with Gasteiger partial charge in [-0.1, -0.05) is 22.0 Å². The molecular formula is C15H14BrFO2. The van der Waals surface area contributed by atoms with Crippen LogP contribution >= 0.6 is 15.9 Å². The zero-order valence-corrected chi connectivity index (χ0v) is 12.2. The fourth-order valence-corrected chi connectivity index (χ4v) is 1.91. The molecule has 0 saturated heterocycles. The maximum absolute atomic E-state index is 13.8. The molecule has 0 aliphatic carbocycles. The van der Waals surface area contributed by atoms with E-state index < -0.39 is 11.9 Å². The van der Waals surface area contributed by atoms with Crippen LogP contribution in [0.15, 0.2) is 40.9 Å². The summed E-state index contributed by atoms with van der Waals surface area (Å²) in [5, 5.41) is 9.38. The quantitative estimate of drug-likeness (QED) is 0.883. The molecule has 2 aromatic carbocycles. The van der Waals surface area contributed by atoms with E-state index in [2.05, 4.69) is 15.9 Å². The maximum Gasteiger partial charge on any atom is 0.166 e. The van der Waals surface area contributed by atoms with E-state index in [0.29, 0.717) is 11.3 Å². The molecule has 100 valence electrons. The van der Waals surface area contributed by atoms with Gasteiger partial charge in [-0.3, -0.25) is 0 Å². The van der Waals surface area contributed by atoms with Gasteiger partial charge in [-0.2, -0.15) is 0 Å². The van der Waals surface area contributed by atoms with Crippen LogP contribution in [-0.4, -0.2) is 5.11 Å². The Bertz CT molecular complexity index is 597. The van der Waals surface area contributed by atoms with Crippen LogP contribution in [0.25, 0.3) is 0 Å². The molecule has 0 unspecified atom stereocenters. The Hall–Kier alpha value is -1.39. The molecule has 0 aliphatic rings. The zero-order chi connectivity index (χ0) is 14.0. The normalized spacial score (nSPS) is 12.3. The SMILES string of the molecule is Cc1cc(Oc2ccc([C@H](C)O)cc2F)ccc1Br. The Morgan fingerprint density at radius 3 is 2.53 bits per heavy atom. The fraction of sp³-hybridized carbons (Fsp3) is 0.200. The predicted octanol–water partition coefficient (Wildman–Crippen LogP) is 4.74. The number of aliphatic hydroxyl groups is 1. The Labute approximate surface area is 120 Å². The van der Waals surface area contributed by atoms with Crippen LogP contribution < -0.4 is 4.74 Å². The summed E-state index contributed by atoms with van der Waals surface area (Å²) in [7, 11) is 0. The van der Waals surface area contributed by atoms with Gasteiger partial charge in [0.2, 0.25) is 0 Å². The summed E-state index contributed by atoms with van der Waals surface area (Å²) in [6.07, 6.45) is -0.696. The second kappa shape index (κ2) is 5.72. The average Bonchev–Trinajstić information content (AvgIpc) is 2.36. The van der Waals surface area contributed by atoms with E-state index in [9.17, 15) is 9.50 Å². The van der Waals surface area contributed by atoms with Crippen LogP contribution in [0.2, 0.25) is 0 Å². The lowest BCUT2D eigenvalue weighted by Crippen LogP contribution is -1.94. The van der Waals surface area contributed by atoms with Crippen molar-refractivity contribution in [1.82, 2.24) is 0 Å². The van der Waals surface area contributed by atoms with E-state index in [4.69, 9.17) is 4.74 Å². The van der Waals surface area contributed by atoms with E-state index in [0.717, 1.165) is 10.0 Å². The molecule has 19 heavy (non-hydrogen) atoms. The smallest absolute Gasteiger partial charge is 0.166 e. The highest BCUT2D eigenvalue weighted by Crippen LogP contribution is 2.29. The summed E-state index contributed by atoms with van der Waals surface area (Å²) in [6.45, 7) is 3.53. The lowest BCUT2D eigenvalue weighted by Gasteiger charge is -2.10. The highest BCUT2D eigenvalue weighted by atomic mass is 79.9. The monoisotopic (exact) mass is 324 g/mol. The Kier molecular flexibility index (Phi) is 4.22. The zero-order valence-electron chi connectivity index (χ0n) is 10.7. The third-order valence-electron chi connectivity index (χ3n) is 2.80. The summed E-state index contributed by atoms with van der Waals surface area (Å²) < 4.78 is 20.3. The van der Waals surface area contributed by atoms with Gasteiger partial charge in [-0.15, -0.1) is 0 Å². The van der Waals surface area contributed by atoms with Crippen molar-refractivity contribution in [1.29, 1.82) is 0 Å². The van der Waals surface area contributed by atoms with Crippen molar-refractivity contribution < 1.29 is 14.2 Å². The van der Waals surface area contributed by atoms with Crippen molar-refractivity contribution in [2.75, 3.05) is 0 Å². The molecule has 0 bridgehead atoms. The van der Waals surface area contributed by atoms with Gasteiger partial charge >= 0.3 is 0 Å². The molecule has 0 aliphatic heterocycles. The van der Waals surface area contributed by atoms with E-state index in [1.54, 1.807) is 19.1 Å². The van der Waals surface area contributed by atoms with Crippen LogP contribution in [-0.2, 0) is 0 Å². The number of aliphatic hydroxyl groups excluding tert-OH is 1. The molecule has 0 aromatic heterocycles. The molecule has 0 spiro atoms. The molecule has 2 aromatic rings. The molecule has 2 nitrogen and oxygen atoms in total. The maximum atomic E-state index is 13.8. The summed E-state index contributed by atoms with van der Waals surface area (Å²) >= 11 is 3.40. The van der Waals surface area contributed by atoms with Crippen LogP contribution in [0, 0.1) is 12.7 Å². The highest BCUT2D eigenvalue weighted by Gasteiger charge is 2.09. The van der Waals surface area contributed by atoms with Gasteiger partial charge in [-0.05, 0) is 55.3 Å². The first-order valence-corrected chi connectivity index (χ1v) is 6.68.